The molecule has 0 saturated heterocycles. The number of carbonyl (C=O) groups is 1. The van der Waals surface area contributed by atoms with Crippen LogP contribution in [0, 0.1) is 18.3 Å². The fourth-order valence-corrected chi connectivity index (χ4v) is 2.05. The Morgan fingerprint density at radius 2 is 1.95 bits per heavy atom. The summed E-state index contributed by atoms with van der Waals surface area (Å²) in [5.41, 5.74) is 2.00. The van der Waals surface area contributed by atoms with Crippen molar-refractivity contribution in [3.05, 3.63) is 46.8 Å². The third kappa shape index (κ3) is 4.25. The summed E-state index contributed by atoms with van der Waals surface area (Å²) in [5.74, 6) is -0.505. The Balaban J connectivity index is 0.00000172. The van der Waals surface area contributed by atoms with Crippen molar-refractivity contribution in [2.45, 2.75) is 27.7 Å². The molecule has 3 nitrogen and oxygen atoms in total. The fourth-order valence-electron chi connectivity index (χ4n) is 2.05. The molecule has 0 radical (unpaired) electrons. The molecule has 0 fully saturated rings. The summed E-state index contributed by atoms with van der Waals surface area (Å²) in [6, 6.07) is 0. The van der Waals surface area contributed by atoms with Crippen LogP contribution in [0.5, 0.6) is 0 Å². The Kier molecular flexibility index (Phi) is 6.75. The molecule has 3 heteroatoms. The zero-order valence-corrected chi connectivity index (χ0v) is 12.5. The largest absolute Gasteiger partial charge is 0.504 e. The molecule has 0 heterocycles. The second-order valence-corrected chi connectivity index (χ2v) is 5.08. The van der Waals surface area contributed by atoms with Crippen LogP contribution in [0.3, 0.4) is 0 Å². The van der Waals surface area contributed by atoms with Crippen LogP contribution in [0.4, 0.5) is 0 Å². The second-order valence-electron chi connectivity index (χ2n) is 5.08. The SMILES string of the molecule is C#C.CC1=C(/C=C/C(C)=C/CO)C(C)(C)C=C(O)C1=O. The summed E-state index contributed by atoms with van der Waals surface area (Å²) in [7, 11) is 0. The molecule has 0 saturated carbocycles. The van der Waals surface area contributed by atoms with Crippen LogP contribution >= 0.6 is 0 Å². The molecule has 0 atom stereocenters. The lowest BCUT2D eigenvalue weighted by Gasteiger charge is -2.28. The van der Waals surface area contributed by atoms with Gasteiger partial charge in [0.1, 0.15) is 0 Å². The highest BCUT2D eigenvalue weighted by Crippen LogP contribution is 2.37. The summed E-state index contributed by atoms with van der Waals surface area (Å²) < 4.78 is 0. The number of allylic oxidation sites excluding steroid dienone is 6. The summed E-state index contributed by atoms with van der Waals surface area (Å²) in [6.07, 6.45) is 15.0. The van der Waals surface area contributed by atoms with Crippen LogP contribution in [0.2, 0.25) is 0 Å². The first kappa shape index (κ1) is 17.9. The quantitative estimate of drug-likeness (QED) is 0.614. The molecule has 0 aromatic carbocycles. The highest BCUT2D eigenvalue weighted by atomic mass is 16.3. The topological polar surface area (TPSA) is 57.5 Å². The van der Waals surface area contributed by atoms with Crippen LogP contribution in [0.1, 0.15) is 27.7 Å². The van der Waals surface area contributed by atoms with Crippen molar-refractivity contribution >= 4 is 5.78 Å². The van der Waals surface area contributed by atoms with Crippen molar-refractivity contribution in [3.8, 4) is 12.8 Å². The van der Waals surface area contributed by atoms with Gasteiger partial charge >= 0.3 is 0 Å². The lowest BCUT2D eigenvalue weighted by atomic mass is 9.76. The van der Waals surface area contributed by atoms with Crippen LogP contribution in [-0.4, -0.2) is 22.6 Å². The first-order valence-electron chi connectivity index (χ1n) is 6.26. The van der Waals surface area contributed by atoms with Gasteiger partial charge in [0.25, 0.3) is 0 Å². The zero-order valence-electron chi connectivity index (χ0n) is 12.5. The molecule has 0 spiro atoms. The number of hydrogen-bond donors (Lipinski definition) is 2. The number of aliphatic hydroxyl groups excluding tert-OH is 2. The summed E-state index contributed by atoms with van der Waals surface area (Å²) in [4.78, 5) is 11.7. The predicted molar refractivity (Wildman–Crippen MR) is 82.1 cm³/mol. The predicted octanol–water partition coefficient (Wildman–Crippen LogP) is 3.10. The van der Waals surface area contributed by atoms with E-state index in [9.17, 15) is 9.90 Å². The molecule has 0 bridgehead atoms. The van der Waals surface area contributed by atoms with E-state index in [2.05, 4.69) is 12.8 Å². The van der Waals surface area contributed by atoms with Crippen molar-refractivity contribution in [3.63, 3.8) is 0 Å². The van der Waals surface area contributed by atoms with E-state index >= 15 is 0 Å². The second kappa shape index (κ2) is 7.52. The number of rotatable bonds is 3. The van der Waals surface area contributed by atoms with E-state index in [0.29, 0.717) is 5.57 Å². The molecule has 2 N–H and O–H groups in total. The monoisotopic (exact) mass is 274 g/mol. The van der Waals surface area contributed by atoms with Gasteiger partial charge in [-0.1, -0.05) is 37.6 Å². The minimum atomic E-state index is -0.377. The Labute approximate surface area is 121 Å². The minimum Gasteiger partial charge on any atom is -0.504 e. The average molecular weight is 274 g/mol. The smallest absolute Gasteiger partial charge is 0.222 e. The molecule has 0 aliphatic heterocycles. The van der Waals surface area contributed by atoms with Gasteiger partial charge in [-0.25, -0.2) is 0 Å². The van der Waals surface area contributed by atoms with E-state index in [1.165, 1.54) is 0 Å². The van der Waals surface area contributed by atoms with Gasteiger partial charge in [-0.3, -0.25) is 4.79 Å². The number of ketones is 1. The summed E-state index contributed by atoms with van der Waals surface area (Å²) >= 11 is 0. The van der Waals surface area contributed by atoms with Gasteiger partial charge in [0.2, 0.25) is 5.78 Å². The molecular formula is C17H22O3. The van der Waals surface area contributed by atoms with Crippen molar-refractivity contribution in [2.24, 2.45) is 5.41 Å². The van der Waals surface area contributed by atoms with Crippen LogP contribution < -0.4 is 0 Å². The summed E-state index contributed by atoms with van der Waals surface area (Å²) in [6.45, 7) is 7.50. The summed E-state index contributed by atoms with van der Waals surface area (Å²) in [5, 5.41) is 18.4. The molecule has 1 rings (SSSR count). The lowest BCUT2D eigenvalue weighted by Crippen LogP contribution is -2.23. The average Bonchev–Trinajstić information content (AvgIpc) is 2.38. The van der Waals surface area contributed by atoms with E-state index in [1.54, 1.807) is 19.1 Å². The van der Waals surface area contributed by atoms with E-state index in [-0.39, 0.29) is 23.6 Å². The third-order valence-corrected chi connectivity index (χ3v) is 3.10. The van der Waals surface area contributed by atoms with Crippen molar-refractivity contribution < 1.29 is 15.0 Å². The lowest BCUT2D eigenvalue weighted by molar-refractivity contribution is -0.114. The molecule has 0 aromatic rings. The molecule has 108 valence electrons. The van der Waals surface area contributed by atoms with E-state index in [0.717, 1.165) is 11.1 Å². The first-order chi connectivity index (χ1) is 9.29. The number of hydrogen-bond acceptors (Lipinski definition) is 3. The highest BCUT2D eigenvalue weighted by molar-refractivity contribution is 6.08. The first-order valence-corrected chi connectivity index (χ1v) is 6.26. The minimum absolute atomic E-state index is 0.00276. The maximum absolute atomic E-state index is 11.7. The molecule has 20 heavy (non-hydrogen) atoms. The fraction of sp³-hybridized carbons (Fsp3) is 0.353. The van der Waals surface area contributed by atoms with Gasteiger partial charge < -0.3 is 10.2 Å². The van der Waals surface area contributed by atoms with Crippen LogP contribution in [0.25, 0.3) is 0 Å². The number of aliphatic hydroxyl groups is 2. The van der Waals surface area contributed by atoms with E-state index < -0.39 is 0 Å². The Hall–Kier alpha value is -2.05. The molecule has 0 aromatic heterocycles. The normalized spacial score (nSPS) is 18.6. The van der Waals surface area contributed by atoms with E-state index in [4.69, 9.17) is 5.11 Å². The van der Waals surface area contributed by atoms with Gasteiger partial charge in [0.05, 0.1) is 6.61 Å². The Morgan fingerprint density at radius 1 is 1.40 bits per heavy atom. The van der Waals surface area contributed by atoms with Gasteiger partial charge in [-0.15, -0.1) is 12.8 Å². The molecule has 1 aliphatic rings. The Morgan fingerprint density at radius 3 is 2.45 bits per heavy atom. The maximum Gasteiger partial charge on any atom is 0.222 e. The van der Waals surface area contributed by atoms with Gasteiger partial charge in [-0.2, -0.15) is 0 Å². The highest BCUT2D eigenvalue weighted by Gasteiger charge is 2.30. The van der Waals surface area contributed by atoms with Gasteiger partial charge in [0.15, 0.2) is 5.76 Å². The van der Waals surface area contributed by atoms with E-state index in [1.807, 2.05) is 32.9 Å². The standard InChI is InChI=1S/C15H20O3.C2H2/c1-10(7-8-16)5-6-12-11(2)14(18)13(17)9-15(12,3)4;1-2/h5-7,9,16-17H,8H2,1-4H3;1-2H/b6-5+,10-7+;. The van der Waals surface area contributed by atoms with Crippen molar-refractivity contribution in [1.82, 2.24) is 0 Å². The molecule has 0 unspecified atom stereocenters. The molecular weight excluding hydrogens is 252 g/mol. The van der Waals surface area contributed by atoms with Crippen molar-refractivity contribution in [2.75, 3.05) is 6.61 Å². The maximum atomic E-state index is 11.7. The van der Waals surface area contributed by atoms with Crippen molar-refractivity contribution in [1.29, 1.82) is 0 Å². The van der Waals surface area contributed by atoms with Gasteiger partial charge in [-0.05, 0) is 25.5 Å². The van der Waals surface area contributed by atoms with Gasteiger partial charge in [0, 0.05) is 11.0 Å². The third-order valence-electron chi connectivity index (χ3n) is 3.10. The molecule has 0 amide bonds. The number of carbonyl (C=O) groups excluding carboxylic acids is 1. The Bertz CT molecular complexity index is 512. The number of Topliss-reactive ketones (excluding diaryl/α,β-unsaturated/α-hetero) is 1. The molecule has 1 aliphatic carbocycles. The van der Waals surface area contributed by atoms with Crippen LogP contribution in [-0.2, 0) is 4.79 Å². The number of terminal acetylenes is 1. The van der Waals surface area contributed by atoms with Crippen LogP contribution in [0.15, 0.2) is 46.8 Å². The zero-order chi connectivity index (χ0) is 15.9.